The number of aliphatic hydroxyl groups excluding tert-OH is 1. The molecule has 0 bridgehead atoms. The molecule has 0 spiro atoms. The lowest BCUT2D eigenvalue weighted by Gasteiger charge is -2.52. The average molecular weight is 385 g/mol. The summed E-state index contributed by atoms with van der Waals surface area (Å²) in [4.78, 5) is 0. The fraction of sp³-hybridized carbons (Fsp3) is 0.852. The third kappa shape index (κ3) is 3.55. The molecular formula is C27H44O. The lowest BCUT2D eigenvalue weighted by Crippen LogP contribution is -2.43. The molecule has 0 aromatic heterocycles. The quantitative estimate of drug-likeness (QED) is 0.533. The molecule has 0 aliphatic heterocycles. The fourth-order valence-electron chi connectivity index (χ4n) is 7.49. The van der Waals surface area contributed by atoms with Crippen LogP contribution in [0.2, 0.25) is 0 Å². The molecule has 0 unspecified atom stereocenters. The van der Waals surface area contributed by atoms with Crippen molar-refractivity contribution >= 4 is 0 Å². The van der Waals surface area contributed by atoms with Crippen LogP contribution in [0.3, 0.4) is 0 Å². The molecule has 28 heavy (non-hydrogen) atoms. The molecule has 4 rings (SSSR count). The van der Waals surface area contributed by atoms with Crippen molar-refractivity contribution in [1.82, 2.24) is 0 Å². The van der Waals surface area contributed by atoms with Crippen LogP contribution in [0, 0.1) is 46.8 Å². The van der Waals surface area contributed by atoms with Crippen molar-refractivity contribution in [3.8, 4) is 0 Å². The third-order valence-corrected chi connectivity index (χ3v) is 9.88. The Morgan fingerprint density at radius 2 is 1.79 bits per heavy atom. The normalized spacial score (nSPS) is 42.2. The maximum absolute atomic E-state index is 10.2. The zero-order valence-corrected chi connectivity index (χ0v) is 19.1. The van der Waals surface area contributed by atoms with Gasteiger partial charge in [0.15, 0.2) is 0 Å². The van der Waals surface area contributed by atoms with E-state index in [9.17, 15) is 5.11 Å². The first-order chi connectivity index (χ1) is 13.3. The highest BCUT2D eigenvalue weighted by atomic mass is 16.3. The molecule has 1 nitrogen and oxygen atoms in total. The van der Waals surface area contributed by atoms with E-state index in [2.05, 4.69) is 46.8 Å². The zero-order valence-electron chi connectivity index (χ0n) is 19.1. The van der Waals surface area contributed by atoms with Crippen LogP contribution < -0.4 is 0 Å². The lowest BCUT2D eigenvalue weighted by atomic mass is 9.53. The van der Waals surface area contributed by atoms with Crippen LogP contribution >= 0.6 is 0 Å². The molecule has 1 heteroatoms. The van der Waals surface area contributed by atoms with Gasteiger partial charge in [-0.1, -0.05) is 70.8 Å². The standard InChI is InChI=1S/C27H44O/c1-17(2)18(3)6-7-19(4)22-10-11-24-23(22)12-13-26-25(24)9-8-20-16-21(28)14-15-27(20,26)5/h8-9,17-19,21-24,26,28H,6-7,10-16H2,1-5H3/t18-,19-,21-,22-,23-,24+,26+,27-/m1/s1. The van der Waals surface area contributed by atoms with E-state index in [4.69, 9.17) is 0 Å². The molecule has 158 valence electrons. The van der Waals surface area contributed by atoms with Crippen molar-refractivity contribution in [3.63, 3.8) is 0 Å². The minimum absolute atomic E-state index is 0.101. The van der Waals surface area contributed by atoms with Crippen LogP contribution in [0.5, 0.6) is 0 Å². The van der Waals surface area contributed by atoms with Crippen molar-refractivity contribution < 1.29 is 5.11 Å². The van der Waals surface area contributed by atoms with Crippen molar-refractivity contribution in [2.75, 3.05) is 0 Å². The predicted molar refractivity (Wildman–Crippen MR) is 119 cm³/mol. The Bertz CT molecular complexity index is 628. The Morgan fingerprint density at radius 3 is 2.54 bits per heavy atom. The van der Waals surface area contributed by atoms with Crippen LogP contribution in [0.15, 0.2) is 23.3 Å². The third-order valence-electron chi connectivity index (χ3n) is 9.88. The number of hydrogen-bond donors (Lipinski definition) is 1. The number of hydrogen-bond acceptors (Lipinski definition) is 1. The second kappa shape index (κ2) is 7.93. The highest BCUT2D eigenvalue weighted by molar-refractivity contribution is 5.37. The van der Waals surface area contributed by atoms with Crippen LogP contribution in [0.4, 0.5) is 0 Å². The van der Waals surface area contributed by atoms with E-state index in [1.165, 1.54) is 44.9 Å². The first-order valence-corrected chi connectivity index (χ1v) is 12.4. The van der Waals surface area contributed by atoms with Gasteiger partial charge in [0.05, 0.1) is 6.10 Å². The summed E-state index contributed by atoms with van der Waals surface area (Å²) in [5.74, 6) is 6.09. The summed E-state index contributed by atoms with van der Waals surface area (Å²) in [5, 5.41) is 10.2. The van der Waals surface area contributed by atoms with Gasteiger partial charge in [-0.15, -0.1) is 0 Å². The Hall–Kier alpha value is -0.560. The van der Waals surface area contributed by atoms with Crippen molar-refractivity contribution in [2.45, 2.75) is 98.5 Å². The lowest BCUT2D eigenvalue weighted by molar-refractivity contribution is 0.0678. The van der Waals surface area contributed by atoms with Crippen molar-refractivity contribution in [2.24, 2.45) is 46.8 Å². The molecular weight excluding hydrogens is 340 g/mol. The molecule has 0 aromatic rings. The second-order valence-corrected chi connectivity index (χ2v) is 11.6. The molecule has 0 heterocycles. The van der Waals surface area contributed by atoms with Crippen molar-refractivity contribution in [1.29, 1.82) is 0 Å². The van der Waals surface area contributed by atoms with E-state index >= 15 is 0 Å². The minimum Gasteiger partial charge on any atom is -0.393 e. The van der Waals surface area contributed by atoms with Crippen LogP contribution in [-0.2, 0) is 0 Å². The van der Waals surface area contributed by atoms with Crippen LogP contribution in [0.25, 0.3) is 0 Å². The first-order valence-electron chi connectivity index (χ1n) is 12.4. The molecule has 1 N–H and O–H groups in total. The number of allylic oxidation sites excluding steroid dienone is 3. The second-order valence-electron chi connectivity index (χ2n) is 11.6. The van der Waals surface area contributed by atoms with Crippen LogP contribution in [-0.4, -0.2) is 11.2 Å². The van der Waals surface area contributed by atoms with E-state index in [0.717, 1.165) is 54.3 Å². The van der Waals surface area contributed by atoms with Crippen molar-refractivity contribution in [3.05, 3.63) is 23.3 Å². The summed E-state index contributed by atoms with van der Waals surface area (Å²) in [5.41, 5.74) is 3.69. The summed E-state index contributed by atoms with van der Waals surface area (Å²) in [7, 11) is 0. The molecule has 3 saturated carbocycles. The highest BCUT2D eigenvalue weighted by Crippen LogP contribution is 2.61. The molecule has 0 aromatic carbocycles. The molecule has 0 amide bonds. The van der Waals surface area contributed by atoms with Gasteiger partial charge in [-0.05, 0) is 91.8 Å². The smallest absolute Gasteiger partial charge is 0.0578 e. The zero-order chi connectivity index (χ0) is 20.1. The molecule has 4 aliphatic carbocycles. The highest BCUT2D eigenvalue weighted by Gasteiger charge is 2.51. The summed E-state index contributed by atoms with van der Waals surface area (Å²) >= 11 is 0. The summed E-state index contributed by atoms with van der Waals surface area (Å²) in [6.07, 6.45) is 16.5. The SMILES string of the molecule is CC(C)[C@H](C)CC[C@@H](C)[C@H]1CC[C@@H]2C3=CC=C4C[C@H](O)CC[C@@]4(C)[C@H]3CC[C@H]12. The van der Waals surface area contributed by atoms with E-state index < -0.39 is 0 Å². The Kier molecular flexibility index (Phi) is 5.87. The van der Waals surface area contributed by atoms with E-state index in [-0.39, 0.29) is 6.10 Å². The minimum atomic E-state index is -0.101. The largest absolute Gasteiger partial charge is 0.393 e. The van der Waals surface area contributed by atoms with Gasteiger partial charge in [0, 0.05) is 0 Å². The summed E-state index contributed by atoms with van der Waals surface area (Å²) in [6, 6.07) is 0. The number of fused-ring (bicyclic) bond motifs is 5. The van der Waals surface area contributed by atoms with Gasteiger partial charge in [0.25, 0.3) is 0 Å². The molecule has 3 fully saturated rings. The maximum Gasteiger partial charge on any atom is 0.0578 e. The molecule has 0 saturated heterocycles. The number of aliphatic hydroxyl groups is 1. The summed E-state index contributed by atoms with van der Waals surface area (Å²) in [6.45, 7) is 12.3. The predicted octanol–water partition coefficient (Wildman–Crippen LogP) is 7.16. The Labute approximate surface area is 174 Å². The maximum atomic E-state index is 10.2. The average Bonchev–Trinajstić information content (AvgIpc) is 3.10. The van der Waals surface area contributed by atoms with Gasteiger partial charge in [-0.25, -0.2) is 0 Å². The molecule has 4 aliphatic rings. The Balaban J connectivity index is 1.46. The van der Waals surface area contributed by atoms with Gasteiger partial charge in [-0.3, -0.25) is 0 Å². The van der Waals surface area contributed by atoms with E-state index in [0.29, 0.717) is 5.41 Å². The summed E-state index contributed by atoms with van der Waals surface area (Å²) < 4.78 is 0. The fourth-order valence-corrected chi connectivity index (χ4v) is 7.49. The van der Waals surface area contributed by atoms with Gasteiger partial charge < -0.3 is 5.11 Å². The monoisotopic (exact) mass is 384 g/mol. The topological polar surface area (TPSA) is 20.2 Å². The first kappa shape index (κ1) is 20.7. The Morgan fingerprint density at radius 1 is 1.00 bits per heavy atom. The molecule has 0 radical (unpaired) electrons. The van der Waals surface area contributed by atoms with E-state index in [1.807, 2.05) is 5.57 Å². The van der Waals surface area contributed by atoms with Gasteiger partial charge >= 0.3 is 0 Å². The van der Waals surface area contributed by atoms with E-state index in [1.54, 1.807) is 5.57 Å². The molecule has 8 atom stereocenters. The van der Waals surface area contributed by atoms with Gasteiger partial charge in [0.2, 0.25) is 0 Å². The van der Waals surface area contributed by atoms with Crippen LogP contribution in [0.1, 0.15) is 92.4 Å². The van der Waals surface area contributed by atoms with Gasteiger partial charge in [-0.2, -0.15) is 0 Å². The van der Waals surface area contributed by atoms with Gasteiger partial charge in [0.1, 0.15) is 0 Å². The number of rotatable bonds is 5.